The number of pyridine rings is 1. The first kappa shape index (κ1) is 20.5. The van der Waals surface area contributed by atoms with Crippen LogP contribution in [0.5, 0.6) is 5.75 Å². The van der Waals surface area contributed by atoms with Gasteiger partial charge in [0, 0.05) is 37.9 Å². The van der Waals surface area contributed by atoms with Crippen molar-refractivity contribution < 1.29 is 27.1 Å². The van der Waals surface area contributed by atoms with E-state index in [0.717, 1.165) is 6.20 Å². The summed E-state index contributed by atoms with van der Waals surface area (Å²) in [7, 11) is -1.49. The van der Waals surface area contributed by atoms with Crippen LogP contribution in [0.2, 0.25) is 0 Å². The summed E-state index contributed by atoms with van der Waals surface area (Å²) >= 11 is 0. The van der Waals surface area contributed by atoms with Crippen molar-refractivity contribution in [2.45, 2.75) is 0 Å². The smallest absolute Gasteiger partial charge is 0.257 e. The van der Waals surface area contributed by atoms with E-state index in [9.17, 15) is 22.4 Å². The number of aromatic nitrogens is 1. The van der Waals surface area contributed by atoms with Crippen molar-refractivity contribution in [2.24, 2.45) is 0 Å². The average molecular weight is 422 g/mol. The van der Waals surface area contributed by atoms with Gasteiger partial charge in [0.05, 0.1) is 24.6 Å². The van der Waals surface area contributed by atoms with E-state index in [-0.39, 0.29) is 49.1 Å². The number of ether oxygens (including phenoxy) is 1. The molecular formula is C18H19FN4O5S. The van der Waals surface area contributed by atoms with Gasteiger partial charge in [-0.15, -0.1) is 0 Å². The lowest BCUT2D eigenvalue weighted by Gasteiger charge is -2.35. The Labute approximate surface area is 168 Å². The number of carbonyl (C=O) groups is 2. The number of amides is 2. The first-order chi connectivity index (χ1) is 13.9. The molecule has 29 heavy (non-hydrogen) atoms. The molecule has 1 aliphatic rings. The molecule has 154 valence electrons. The summed E-state index contributed by atoms with van der Waals surface area (Å²) in [5.74, 6) is -1.18. The predicted molar refractivity (Wildman–Crippen MR) is 103 cm³/mol. The zero-order valence-corrected chi connectivity index (χ0v) is 16.4. The molecule has 1 aliphatic heterocycles. The number of nitrogens with one attached hydrogen (secondary N) is 1. The normalized spacial score (nSPS) is 14.0. The number of rotatable bonds is 5. The minimum atomic E-state index is -2.86. The fraction of sp³-hybridized carbons (Fsp3) is 0.278. The number of anilines is 1. The van der Waals surface area contributed by atoms with Gasteiger partial charge in [-0.1, -0.05) is 0 Å². The Bertz CT molecular complexity index is 997. The van der Waals surface area contributed by atoms with Crippen molar-refractivity contribution in [3.8, 4) is 5.75 Å². The lowest BCUT2D eigenvalue weighted by Crippen LogP contribution is -2.50. The topological polar surface area (TPSA) is 109 Å². The molecule has 2 heterocycles. The van der Waals surface area contributed by atoms with E-state index in [1.54, 1.807) is 4.90 Å². The standard InChI is InChI=1S/C18H19FN4O5S/c1-28-16-10-12(2-3-15(16)21-29(26)27)17(24)22-6-8-23(9-7-22)18(25)13-4-5-20-11-14(13)19/h2-5,10-11,29H,6-9H2,1H3,(H,21,26,27). The van der Waals surface area contributed by atoms with Crippen LogP contribution in [0.3, 0.4) is 0 Å². The zero-order chi connectivity index (χ0) is 21.0. The molecule has 0 aliphatic carbocycles. The second-order valence-electron chi connectivity index (χ2n) is 6.22. The Balaban J connectivity index is 1.67. The van der Waals surface area contributed by atoms with Gasteiger partial charge in [-0.05, 0) is 24.3 Å². The molecule has 0 saturated carbocycles. The summed E-state index contributed by atoms with van der Waals surface area (Å²) in [6.45, 7) is 1.09. The molecule has 1 fully saturated rings. The fourth-order valence-corrected chi connectivity index (χ4v) is 3.41. The number of benzene rings is 1. The molecule has 11 heteroatoms. The SMILES string of the molecule is COc1cc(C(=O)N2CCN(C(=O)c3ccncc3F)CC2)ccc1N[SH](=O)=O. The maximum atomic E-state index is 13.8. The summed E-state index contributed by atoms with van der Waals surface area (Å²) in [6, 6.07) is 5.72. The molecule has 1 saturated heterocycles. The molecule has 1 N–H and O–H groups in total. The molecule has 2 amide bonds. The number of hydrogen-bond acceptors (Lipinski definition) is 6. The third kappa shape index (κ3) is 4.62. The van der Waals surface area contributed by atoms with E-state index < -0.39 is 22.6 Å². The fourth-order valence-electron chi connectivity index (χ4n) is 3.03. The van der Waals surface area contributed by atoms with Crippen LogP contribution in [0.15, 0.2) is 36.7 Å². The van der Waals surface area contributed by atoms with Gasteiger partial charge >= 0.3 is 0 Å². The highest BCUT2D eigenvalue weighted by Crippen LogP contribution is 2.26. The Morgan fingerprint density at radius 1 is 1.10 bits per heavy atom. The highest BCUT2D eigenvalue weighted by molar-refractivity contribution is 7.73. The maximum Gasteiger partial charge on any atom is 0.257 e. The van der Waals surface area contributed by atoms with Crippen molar-refractivity contribution >= 4 is 28.4 Å². The van der Waals surface area contributed by atoms with Crippen molar-refractivity contribution in [1.29, 1.82) is 0 Å². The van der Waals surface area contributed by atoms with Gasteiger partial charge in [0.1, 0.15) is 5.75 Å². The van der Waals surface area contributed by atoms with Crippen LogP contribution >= 0.6 is 0 Å². The minimum absolute atomic E-state index is 0.0516. The van der Waals surface area contributed by atoms with Crippen LogP contribution in [0.25, 0.3) is 0 Å². The highest BCUT2D eigenvalue weighted by Gasteiger charge is 2.27. The second kappa shape index (κ2) is 8.86. The number of nitrogens with zero attached hydrogens (tertiary/aromatic N) is 3. The number of carbonyl (C=O) groups excluding carboxylic acids is 2. The molecule has 1 aromatic heterocycles. The van der Waals surface area contributed by atoms with Crippen LogP contribution < -0.4 is 9.46 Å². The zero-order valence-electron chi connectivity index (χ0n) is 15.5. The number of halogens is 1. The molecule has 9 nitrogen and oxygen atoms in total. The highest BCUT2D eigenvalue weighted by atomic mass is 32.2. The van der Waals surface area contributed by atoms with E-state index in [0.29, 0.717) is 5.56 Å². The first-order valence-electron chi connectivity index (χ1n) is 8.68. The monoisotopic (exact) mass is 422 g/mol. The molecule has 0 atom stereocenters. The van der Waals surface area contributed by atoms with Crippen LogP contribution in [0, 0.1) is 5.82 Å². The molecule has 2 aromatic rings. The number of thiol groups is 1. The van der Waals surface area contributed by atoms with Crippen LogP contribution in [0.4, 0.5) is 10.1 Å². The van der Waals surface area contributed by atoms with Gasteiger partial charge in [-0.2, -0.15) is 0 Å². The second-order valence-corrected chi connectivity index (χ2v) is 6.96. The third-order valence-electron chi connectivity index (χ3n) is 4.52. The van der Waals surface area contributed by atoms with E-state index in [1.165, 1.54) is 42.5 Å². The third-order valence-corrected chi connectivity index (χ3v) is 4.94. The van der Waals surface area contributed by atoms with Crippen molar-refractivity contribution in [3.05, 3.63) is 53.6 Å². The van der Waals surface area contributed by atoms with Gasteiger partial charge in [0.15, 0.2) is 5.82 Å². The van der Waals surface area contributed by atoms with Crippen LogP contribution in [-0.4, -0.2) is 68.3 Å². The van der Waals surface area contributed by atoms with Crippen LogP contribution in [0.1, 0.15) is 20.7 Å². The van der Waals surface area contributed by atoms with Crippen LogP contribution in [-0.2, 0) is 10.9 Å². The number of hydrogen-bond donors (Lipinski definition) is 2. The van der Waals surface area contributed by atoms with Crippen molar-refractivity contribution in [3.63, 3.8) is 0 Å². The van der Waals surface area contributed by atoms with E-state index in [1.807, 2.05) is 0 Å². The quantitative estimate of drug-likeness (QED) is 0.689. The molecule has 1 aromatic carbocycles. The van der Waals surface area contributed by atoms with Crippen molar-refractivity contribution in [2.75, 3.05) is 38.0 Å². The number of methoxy groups -OCH3 is 1. The van der Waals surface area contributed by atoms with Gasteiger partial charge in [-0.25, -0.2) is 12.8 Å². The Morgan fingerprint density at radius 2 is 1.76 bits per heavy atom. The van der Waals surface area contributed by atoms with Gasteiger partial charge in [-0.3, -0.25) is 19.3 Å². The minimum Gasteiger partial charge on any atom is -0.495 e. The summed E-state index contributed by atoms with van der Waals surface area (Å²) in [5, 5.41) is 0. The lowest BCUT2D eigenvalue weighted by molar-refractivity contribution is 0.0532. The number of piperazine rings is 1. The first-order valence-corrected chi connectivity index (χ1v) is 9.85. The van der Waals surface area contributed by atoms with Gasteiger partial charge in [0.25, 0.3) is 11.8 Å². The summed E-state index contributed by atoms with van der Waals surface area (Å²) in [5.41, 5.74) is 0.507. The molecule has 0 unspecified atom stereocenters. The molecule has 0 radical (unpaired) electrons. The summed E-state index contributed by atoms with van der Waals surface area (Å²) in [6.07, 6.45) is 2.34. The predicted octanol–water partition coefficient (Wildman–Crippen LogP) is 0.766. The van der Waals surface area contributed by atoms with E-state index in [2.05, 4.69) is 9.71 Å². The van der Waals surface area contributed by atoms with E-state index >= 15 is 0 Å². The summed E-state index contributed by atoms with van der Waals surface area (Å²) < 4.78 is 42.8. The summed E-state index contributed by atoms with van der Waals surface area (Å²) in [4.78, 5) is 31.9. The Hall–Kier alpha value is -3.21. The lowest BCUT2D eigenvalue weighted by atomic mass is 10.1. The molecule has 0 spiro atoms. The van der Waals surface area contributed by atoms with Gasteiger partial charge in [0.2, 0.25) is 10.9 Å². The molecule has 0 bridgehead atoms. The average Bonchev–Trinajstić information content (AvgIpc) is 2.73. The largest absolute Gasteiger partial charge is 0.495 e. The van der Waals surface area contributed by atoms with Crippen molar-refractivity contribution in [1.82, 2.24) is 14.8 Å². The Morgan fingerprint density at radius 3 is 2.34 bits per heavy atom. The van der Waals surface area contributed by atoms with Gasteiger partial charge < -0.3 is 14.5 Å². The maximum absolute atomic E-state index is 13.8. The Kier molecular flexibility index (Phi) is 6.27. The molecule has 3 rings (SSSR count). The van der Waals surface area contributed by atoms with E-state index in [4.69, 9.17) is 4.74 Å². The molecular weight excluding hydrogens is 403 g/mol.